The Labute approximate surface area is 436 Å². The standard InChI is InChI=1S/C62H111NO8/c1-3-5-7-9-11-13-15-17-19-21-23-25-27-28-30-32-34-36-38-40-42-44-46-48-50-52-58(66)63-55(54-70-62-61(69)60(68)59(67)57(53-64)71-62)56(65)51-49-47-45-43-41-39-37-35-33-31-29-26-24-22-20-18-16-14-12-10-8-6-4-2/h5,7,11,13,17,19,23,25,28,30,49,51,55-57,59-62,64-65,67-69H,3-4,6,8-10,12,14-16,18,20-22,24,26-27,29,31-48,50,52-54H2,1-2H3,(H,63,66)/b7-5-,13-11-,19-17-,25-23-,30-28-,51-49+. The summed E-state index contributed by atoms with van der Waals surface area (Å²) in [5, 5.41) is 54.6. The Kier molecular flexibility index (Phi) is 48.0. The number of unbranched alkanes of at least 4 members (excludes halogenated alkanes) is 30. The number of aliphatic hydroxyl groups is 5. The molecule has 0 saturated carbocycles. The van der Waals surface area contributed by atoms with Crippen LogP contribution < -0.4 is 5.32 Å². The molecule has 1 amide bonds. The highest BCUT2D eigenvalue weighted by Gasteiger charge is 2.44. The topological polar surface area (TPSA) is 149 Å². The maximum absolute atomic E-state index is 13.1. The first kappa shape index (κ1) is 66.6. The molecular weight excluding hydrogens is 887 g/mol. The fourth-order valence-corrected chi connectivity index (χ4v) is 9.13. The molecule has 1 aliphatic rings. The number of nitrogens with one attached hydrogen (secondary N) is 1. The van der Waals surface area contributed by atoms with Gasteiger partial charge >= 0.3 is 0 Å². The highest BCUT2D eigenvalue weighted by Crippen LogP contribution is 2.23. The van der Waals surface area contributed by atoms with Crippen molar-refractivity contribution >= 4 is 5.91 Å². The molecule has 7 unspecified atom stereocenters. The second-order valence-corrected chi connectivity index (χ2v) is 20.4. The van der Waals surface area contributed by atoms with Gasteiger partial charge in [-0.3, -0.25) is 4.79 Å². The number of hydrogen-bond acceptors (Lipinski definition) is 8. The summed E-state index contributed by atoms with van der Waals surface area (Å²) in [4.78, 5) is 13.1. The zero-order chi connectivity index (χ0) is 51.5. The average molecular weight is 999 g/mol. The van der Waals surface area contributed by atoms with Crippen molar-refractivity contribution in [3.8, 4) is 0 Å². The number of amides is 1. The van der Waals surface area contributed by atoms with Crippen molar-refractivity contribution in [1.82, 2.24) is 5.32 Å². The Morgan fingerprint density at radius 1 is 0.493 bits per heavy atom. The smallest absolute Gasteiger partial charge is 0.220 e. The molecule has 1 aliphatic heterocycles. The molecule has 1 heterocycles. The second kappa shape index (κ2) is 51.1. The highest BCUT2D eigenvalue weighted by atomic mass is 16.7. The van der Waals surface area contributed by atoms with E-state index in [0.29, 0.717) is 6.42 Å². The van der Waals surface area contributed by atoms with Gasteiger partial charge in [-0.2, -0.15) is 0 Å². The average Bonchev–Trinajstić information content (AvgIpc) is 3.37. The van der Waals surface area contributed by atoms with Crippen molar-refractivity contribution in [1.29, 1.82) is 0 Å². The molecule has 1 saturated heterocycles. The van der Waals surface area contributed by atoms with E-state index in [-0.39, 0.29) is 12.5 Å². The van der Waals surface area contributed by atoms with Gasteiger partial charge < -0.3 is 40.3 Å². The van der Waals surface area contributed by atoms with Gasteiger partial charge in [0.15, 0.2) is 6.29 Å². The third-order valence-corrected chi connectivity index (χ3v) is 13.8. The van der Waals surface area contributed by atoms with Crippen LogP contribution >= 0.6 is 0 Å². The summed E-state index contributed by atoms with van der Waals surface area (Å²) >= 11 is 0. The molecular formula is C62H111NO8. The lowest BCUT2D eigenvalue weighted by Gasteiger charge is -2.40. The zero-order valence-corrected chi connectivity index (χ0v) is 45.7. The summed E-state index contributed by atoms with van der Waals surface area (Å²) in [6, 6.07) is -0.813. The van der Waals surface area contributed by atoms with Crippen LogP contribution in [0.5, 0.6) is 0 Å². The molecule has 0 spiro atoms. The summed E-state index contributed by atoms with van der Waals surface area (Å²) < 4.78 is 11.3. The number of ether oxygens (including phenoxy) is 2. The molecule has 9 heteroatoms. The fourth-order valence-electron chi connectivity index (χ4n) is 9.13. The Balaban J connectivity index is 2.23. The minimum absolute atomic E-state index is 0.184. The lowest BCUT2D eigenvalue weighted by Crippen LogP contribution is -2.60. The van der Waals surface area contributed by atoms with Gasteiger partial charge in [-0.1, -0.05) is 260 Å². The third kappa shape index (κ3) is 40.7. The van der Waals surface area contributed by atoms with E-state index in [2.05, 4.69) is 79.9 Å². The van der Waals surface area contributed by atoms with Crippen LogP contribution in [0.3, 0.4) is 0 Å². The van der Waals surface area contributed by atoms with Crippen LogP contribution in [-0.2, 0) is 14.3 Å². The van der Waals surface area contributed by atoms with Gasteiger partial charge in [0.2, 0.25) is 5.91 Å². The third-order valence-electron chi connectivity index (χ3n) is 13.8. The Morgan fingerprint density at radius 2 is 0.873 bits per heavy atom. The van der Waals surface area contributed by atoms with E-state index < -0.39 is 49.5 Å². The molecule has 0 aliphatic carbocycles. The molecule has 6 N–H and O–H groups in total. The monoisotopic (exact) mass is 998 g/mol. The Bertz CT molecular complexity index is 1340. The van der Waals surface area contributed by atoms with Gasteiger partial charge in [0.05, 0.1) is 25.4 Å². The quantitative estimate of drug-likeness (QED) is 0.0261. The zero-order valence-electron chi connectivity index (χ0n) is 45.7. The molecule has 7 atom stereocenters. The van der Waals surface area contributed by atoms with Crippen LogP contribution in [0.25, 0.3) is 0 Å². The molecule has 0 aromatic rings. The minimum Gasteiger partial charge on any atom is -0.394 e. The first-order chi connectivity index (χ1) is 34.8. The summed E-state index contributed by atoms with van der Waals surface area (Å²) in [6.07, 6.45) is 63.9. The van der Waals surface area contributed by atoms with Gasteiger partial charge in [-0.25, -0.2) is 0 Å². The van der Waals surface area contributed by atoms with Crippen LogP contribution in [0.1, 0.15) is 258 Å². The number of carbonyl (C=O) groups excluding carboxylic acids is 1. The van der Waals surface area contributed by atoms with Crippen molar-refractivity contribution in [2.24, 2.45) is 0 Å². The van der Waals surface area contributed by atoms with Crippen LogP contribution in [0, 0.1) is 0 Å². The summed E-state index contributed by atoms with van der Waals surface area (Å²) in [7, 11) is 0. The van der Waals surface area contributed by atoms with Crippen LogP contribution in [0.2, 0.25) is 0 Å². The second-order valence-electron chi connectivity index (χ2n) is 20.4. The maximum Gasteiger partial charge on any atom is 0.220 e. The largest absolute Gasteiger partial charge is 0.394 e. The SMILES string of the molecule is CC/C=C\C/C=C\C/C=C\C/C=C\C/C=C\CCCCCCCCCCCC(=O)NC(COC1OC(CO)C(O)C(O)C1O)C(O)/C=C/CCCCCCCCCCCCCCCCCCCCCCC. The van der Waals surface area contributed by atoms with E-state index >= 15 is 0 Å². The molecule has 1 rings (SSSR count). The highest BCUT2D eigenvalue weighted by molar-refractivity contribution is 5.76. The lowest BCUT2D eigenvalue weighted by atomic mass is 9.99. The van der Waals surface area contributed by atoms with Gasteiger partial charge in [0, 0.05) is 6.42 Å². The molecule has 9 nitrogen and oxygen atoms in total. The van der Waals surface area contributed by atoms with Gasteiger partial charge in [-0.15, -0.1) is 0 Å². The molecule has 0 bridgehead atoms. The molecule has 0 aromatic heterocycles. The van der Waals surface area contributed by atoms with E-state index in [1.165, 1.54) is 154 Å². The van der Waals surface area contributed by atoms with Crippen molar-refractivity contribution in [2.75, 3.05) is 13.2 Å². The molecule has 1 fully saturated rings. The lowest BCUT2D eigenvalue weighted by molar-refractivity contribution is -0.302. The van der Waals surface area contributed by atoms with E-state index in [9.17, 15) is 30.3 Å². The van der Waals surface area contributed by atoms with E-state index in [0.717, 1.165) is 83.5 Å². The van der Waals surface area contributed by atoms with Crippen molar-refractivity contribution in [2.45, 2.75) is 301 Å². The first-order valence-electron chi connectivity index (χ1n) is 29.7. The van der Waals surface area contributed by atoms with E-state index in [1.807, 2.05) is 6.08 Å². The number of rotatable bonds is 50. The predicted molar refractivity (Wildman–Crippen MR) is 299 cm³/mol. The number of carbonyl (C=O) groups is 1. The first-order valence-corrected chi connectivity index (χ1v) is 29.7. The Morgan fingerprint density at radius 3 is 1.30 bits per heavy atom. The van der Waals surface area contributed by atoms with E-state index in [1.54, 1.807) is 6.08 Å². The van der Waals surface area contributed by atoms with Gasteiger partial charge in [-0.05, 0) is 64.2 Å². The van der Waals surface area contributed by atoms with Crippen molar-refractivity contribution < 1.29 is 39.8 Å². The number of aliphatic hydroxyl groups excluding tert-OH is 5. The van der Waals surface area contributed by atoms with Crippen LogP contribution in [0.4, 0.5) is 0 Å². The number of hydrogen-bond donors (Lipinski definition) is 6. The Hall–Kier alpha value is -2.37. The predicted octanol–water partition coefficient (Wildman–Crippen LogP) is 14.8. The summed E-state index contributed by atoms with van der Waals surface area (Å²) in [5.41, 5.74) is 0. The molecule has 71 heavy (non-hydrogen) atoms. The van der Waals surface area contributed by atoms with Gasteiger partial charge in [0.25, 0.3) is 0 Å². The maximum atomic E-state index is 13.1. The van der Waals surface area contributed by atoms with Crippen LogP contribution in [-0.4, -0.2) is 87.5 Å². The molecule has 412 valence electrons. The molecule has 0 radical (unpaired) electrons. The normalized spacial score (nSPS) is 19.8. The minimum atomic E-state index is -1.57. The molecule has 0 aromatic carbocycles. The van der Waals surface area contributed by atoms with E-state index in [4.69, 9.17) is 9.47 Å². The van der Waals surface area contributed by atoms with Gasteiger partial charge in [0.1, 0.15) is 24.4 Å². The fraction of sp³-hybridized carbons (Fsp3) is 0.790. The summed E-state index contributed by atoms with van der Waals surface area (Å²) in [5.74, 6) is -0.184. The van der Waals surface area contributed by atoms with Crippen molar-refractivity contribution in [3.05, 3.63) is 72.9 Å². The number of allylic oxidation sites excluding steroid dienone is 11. The van der Waals surface area contributed by atoms with Crippen molar-refractivity contribution in [3.63, 3.8) is 0 Å². The summed E-state index contributed by atoms with van der Waals surface area (Å²) in [6.45, 7) is 3.68. The van der Waals surface area contributed by atoms with Crippen LogP contribution in [0.15, 0.2) is 72.9 Å².